The lowest BCUT2D eigenvalue weighted by Gasteiger charge is -2.39. The second-order valence-corrected chi connectivity index (χ2v) is 9.67. The van der Waals surface area contributed by atoms with Gasteiger partial charge < -0.3 is 29.7 Å². The van der Waals surface area contributed by atoms with E-state index in [1.165, 1.54) is 37.9 Å². The van der Waals surface area contributed by atoms with Crippen molar-refractivity contribution in [1.82, 2.24) is 14.8 Å². The van der Waals surface area contributed by atoms with Gasteiger partial charge in [-0.2, -0.15) is 39.5 Å². The number of fused-ring (bicyclic) bond motifs is 1. The first kappa shape index (κ1) is 39.8. The van der Waals surface area contributed by atoms with E-state index in [4.69, 9.17) is 39.2 Å². The van der Waals surface area contributed by atoms with Crippen molar-refractivity contribution in [2.75, 3.05) is 39.4 Å². The van der Waals surface area contributed by atoms with Gasteiger partial charge in [-0.25, -0.2) is 14.4 Å². The normalized spacial score (nSPS) is 22.0. The van der Waals surface area contributed by atoms with Crippen molar-refractivity contribution in [2.45, 2.75) is 69.0 Å². The summed E-state index contributed by atoms with van der Waals surface area (Å²) in [6, 6.07) is 4.73. The van der Waals surface area contributed by atoms with E-state index >= 15 is 0 Å². The van der Waals surface area contributed by atoms with E-state index in [1.807, 2.05) is 12.4 Å². The molecule has 4 rings (SSSR count). The fraction of sp³-hybridized carbons (Fsp3) is 0.680. The minimum atomic E-state index is -5.08. The highest BCUT2D eigenvalue weighted by molar-refractivity contribution is 5.73. The van der Waals surface area contributed by atoms with Crippen LogP contribution >= 0.6 is 0 Å². The van der Waals surface area contributed by atoms with E-state index in [2.05, 4.69) is 26.9 Å². The number of likely N-dealkylation sites (tertiary alicyclic amines) is 1. The number of nitrogens with zero attached hydrogens (tertiary/aromatic N) is 3. The summed E-state index contributed by atoms with van der Waals surface area (Å²) in [5, 5.41) is 21.4. The van der Waals surface area contributed by atoms with Gasteiger partial charge >= 0.3 is 36.4 Å². The van der Waals surface area contributed by atoms with Crippen molar-refractivity contribution in [1.29, 1.82) is 0 Å². The molecule has 0 aromatic carbocycles. The lowest BCUT2D eigenvalue weighted by Crippen LogP contribution is -2.51. The van der Waals surface area contributed by atoms with Crippen molar-refractivity contribution in [2.24, 2.45) is 0 Å². The van der Waals surface area contributed by atoms with Crippen LogP contribution in [-0.2, 0) is 30.4 Å². The van der Waals surface area contributed by atoms with Gasteiger partial charge in [0.25, 0.3) is 0 Å². The molecule has 1 aliphatic carbocycles. The Labute approximate surface area is 250 Å². The highest BCUT2D eigenvalue weighted by Crippen LogP contribution is 2.33. The third kappa shape index (κ3) is 15.6. The maximum absolute atomic E-state index is 10.6. The van der Waals surface area contributed by atoms with Crippen LogP contribution in [0.4, 0.5) is 39.5 Å². The molecule has 2 aliphatic heterocycles. The van der Waals surface area contributed by atoms with Gasteiger partial charge in [0.2, 0.25) is 0 Å². The van der Waals surface area contributed by atoms with Gasteiger partial charge in [0, 0.05) is 38.1 Å². The van der Waals surface area contributed by atoms with Gasteiger partial charge in [-0.3, -0.25) is 9.88 Å². The van der Waals surface area contributed by atoms with Crippen LogP contribution in [0, 0.1) is 0 Å². The number of ether oxygens (including phenoxy) is 2. The van der Waals surface area contributed by atoms with E-state index in [9.17, 15) is 39.5 Å². The highest BCUT2D eigenvalue weighted by atomic mass is 19.4. The first-order valence-electron chi connectivity index (χ1n) is 13.2. The Hall–Kier alpha value is -3.23. The van der Waals surface area contributed by atoms with Crippen LogP contribution < -0.4 is 0 Å². The number of pyridine rings is 1. The molecular weight excluding hydrogens is 641 g/mol. The van der Waals surface area contributed by atoms with Gasteiger partial charge in [0.1, 0.15) is 0 Å². The number of carboxylic acids is 3. The number of halogens is 9. The van der Waals surface area contributed by atoms with Gasteiger partial charge in [-0.1, -0.05) is 0 Å². The molecule has 11 nitrogen and oxygen atoms in total. The minimum Gasteiger partial charge on any atom is -0.475 e. The van der Waals surface area contributed by atoms with Crippen molar-refractivity contribution >= 4 is 17.9 Å². The van der Waals surface area contributed by atoms with Crippen LogP contribution in [0.25, 0.3) is 0 Å². The van der Waals surface area contributed by atoms with E-state index in [0.29, 0.717) is 6.04 Å². The number of aliphatic carboxylic acids is 3. The molecule has 258 valence electrons. The molecule has 1 aromatic rings. The Morgan fingerprint density at radius 1 is 0.822 bits per heavy atom. The molecule has 3 N–H and O–H groups in total. The van der Waals surface area contributed by atoms with Crippen molar-refractivity contribution in [3.8, 4) is 0 Å². The fourth-order valence-electron chi connectivity index (χ4n) is 4.43. The average molecular weight is 674 g/mol. The van der Waals surface area contributed by atoms with E-state index in [-0.39, 0.29) is 12.2 Å². The van der Waals surface area contributed by atoms with Crippen molar-refractivity contribution < 1.29 is 78.7 Å². The third-order valence-corrected chi connectivity index (χ3v) is 6.45. The largest absolute Gasteiger partial charge is 0.490 e. The van der Waals surface area contributed by atoms with Crippen LogP contribution in [0.3, 0.4) is 0 Å². The Balaban J connectivity index is 0.000000396. The monoisotopic (exact) mass is 673 g/mol. The summed E-state index contributed by atoms with van der Waals surface area (Å²) in [6.07, 6.45) is -5.95. The SMILES string of the molecule is O=C(O)C(F)(F)F.O=C(O)C(F)(F)F.O=C(O)C(F)(F)F.c1cc(CN2CCO[C@H]3[C@H](OCCN4CCCC4)CC[C@@H]32)ccn1. The maximum atomic E-state index is 10.6. The zero-order valence-corrected chi connectivity index (χ0v) is 23.4. The second-order valence-electron chi connectivity index (χ2n) is 9.67. The number of hydrogen-bond acceptors (Lipinski definition) is 8. The first-order chi connectivity index (χ1) is 20.7. The molecule has 0 radical (unpaired) electrons. The number of aromatic nitrogens is 1. The van der Waals surface area contributed by atoms with Gasteiger partial charge in [-0.05, 0) is 56.5 Å². The second kappa shape index (κ2) is 18.1. The van der Waals surface area contributed by atoms with Crippen LogP contribution in [0.15, 0.2) is 24.5 Å². The summed E-state index contributed by atoms with van der Waals surface area (Å²) in [5.74, 6) is -8.27. The third-order valence-electron chi connectivity index (χ3n) is 6.45. The Morgan fingerprint density at radius 2 is 1.29 bits per heavy atom. The zero-order chi connectivity index (χ0) is 34.4. The quantitative estimate of drug-likeness (QED) is 0.379. The van der Waals surface area contributed by atoms with E-state index < -0.39 is 36.4 Å². The zero-order valence-electron chi connectivity index (χ0n) is 23.4. The number of morpholine rings is 1. The molecule has 3 atom stereocenters. The molecule has 20 heteroatoms. The summed E-state index contributed by atoms with van der Waals surface area (Å²) in [6.45, 7) is 7.25. The lowest BCUT2D eigenvalue weighted by molar-refractivity contribution is -0.193. The maximum Gasteiger partial charge on any atom is 0.490 e. The van der Waals surface area contributed by atoms with Crippen LogP contribution in [0.1, 0.15) is 31.2 Å². The molecule has 1 aromatic heterocycles. The Kier molecular flexibility index (Phi) is 16.0. The van der Waals surface area contributed by atoms with Crippen LogP contribution in [-0.4, -0.2) is 124 Å². The molecule has 1 saturated carbocycles. The lowest BCUT2D eigenvalue weighted by atomic mass is 10.1. The molecule has 2 saturated heterocycles. The summed E-state index contributed by atoms with van der Waals surface area (Å²) in [4.78, 5) is 35.9. The molecule has 3 aliphatic rings. The fourth-order valence-corrected chi connectivity index (χ4v) is 4.43. The topological polar surface area (TPSA) is 150 Å². The van der Waals surface area contributed by atoms with E-state index in [1.54, 1.807) is 0 Å². The first-order valence-corrected chi connectivity index (χ1v) is 13.2. The predicted molar refractivity (Wildman–Crippen MR) is 134 cm³/mol. The summed E-state index contributed by atoms with van der Waals surface area (Å²) >= 11 is 0. The van der Waals surface area contributed by atoms with Gasteiger partial charge in [0.15, 0.2) is 0 Å². The van der Waals surface area contributed by atoms with Gasteiger partial charge in [-0.15, -0.1) is 0 Å². The summed E-state index contributed by atoms with van der Waals surface area (Å²) in [5.41, 5.74) is 1.34. The number of carboxylic acid groups (broad SMARTS) is 3. The predicted octanol–water partition coefficient (Wildman–Crippen LogP) is 3.83. The molecule has 3 fully saturated rings. The molecule has 45 heavy (non-hydrogen) atoms. The number of hydrogen-bond donors (Lipinski definition) is 3. The summed E-state index contributed by atoms with van der Waals surface area (Å²) in [7, 11) is 0. The Bertz CT molecular complexity index is 996. The number of alkyl halides is 9. The molecule has 0 bridgehead atoms. The van der Waals surface area contributed by atoms with E-state index in [0.717, 1.165) is 39.3 Å². The molecule has 0 spiro atoms. The molecule has 3 heterocycles. The standard InChI is InChI=1S/C19H29N3O2.3C2HF3O2/c1-2-10-21(9-1)11-13-23-18-4-3-17-19(18)24-14-12-22(17)15-16-5-7-20-8-6-16;3*3-2(4,5)1(6)7/h5-8,17-19H,1-4,9-15H2;3*(H,6,7)/t17-,18+,19+;;;/m0.../s1. The highest BCUT2D eigenvalue weighted by Gasteiger charge is 2.43. The summed E-state index contributed by atoms with van der Waals surface area (Å²) < 4.78 is 108. The minimum absolute atomic E-state index is 0.249. The Morgan fingerprint density at radius 3 is 1.73 bits per heavy atom. The number of carbonyl (C=O) groups is 3. The van der Waals surface area contributed by atoms with Crippen molar-refractivity contribution in [3.05, 3.63) is 30.1 Å². The smallest absolute Gasteiger partial charge is 0.475 e. The van der Waals surface area contributed by atoms with Crippen LogP contribution in [0.5, 0.6) is 0 Å². The average Bonchev–Trinajstić information content (AvgIpc) is 3.60. The number of rotatable bonds is 6. The molecule has 0 unspecified atom stereocenters. The van der Waals surface area contributed by atoms with Crippen LogP contribution in [0.2, 0.25) is 0 Å². The molecule has 0 amide bonds. The molecular formula is C25H32F9N3O8. The van der Waals surface area contributed by atoms with Crippen molar-refractivity contribution in [3.63, 3.8) is 0 Å². The van der Waals surface area contributed by atoms with Gasteiger partial charge in [0.05, 0.1) is 25.4 Å².